The van der Waals surface area contributed by atoms with Gasteiger partial charge < -0.3 is 19.6 Å². The van der Waals surface area contributed by atoms with Crippen LogP contribution in [0.3, 0.4) is 0 Å². The second-order valence-corrected chi connectivity index (χ2v) is 7.60. The van der Waals surface area contributed by atoms with Gasteiger partial charge in [-0.3, -0.25) is 14.6 Å². The van der Waals surface area contributed by atoms with Gasteiger partial charge >= 0.3 is 0 Å². The van der Waals surface area contributed by atoms with E-state index in [9.17, 15) is 14.7 Å². The minimum absolute atomic E-state index is 0.135. The summed E-state index contributed by atoms with van der Waals surface area (Å²) in [5.74, 6) is -1.35. The van der Waals surface area contributed by atoms with E-state index >= 15 is 0 Å². The molecular weight excluding hydrogens is 382 g/mol. The smallest absolute Gasteiger partial charge is 0.295 e. The summed E-state index contributed by atoms with van der Waals surface area (Å²) in [7, 11) is 0. The third kappa shape index (κ3) is 4.13. The molecule has 3 heterocycles. The highest BCUT2D eigenvalue weighted by Crippen LogP contribution is 2.39. The van der Waals surface area contributed by atoms with Crippen LogP contribution in [0.25, 0.3) is 5.76 Å². The summed E-state index contributed by atoms with van der Waals surface area (Å²) >= 11 is 0. The maximum absolute atomic E-state index is 12.9. The molecule has 4 rings (SSSR count). The number of carbonyl (C=O) groups excluding carboxylic acids is 2. The Hall–Kier alpha value is -3.03. The number of ketones is 1. The zero-order valence-corrected chi connectivity index (χ0v) is 16.8. The maximum Gasteiger partial charge on any atom is 0.295 e. The Bertz CT molecular complexity index is 924. The van der Waals surface area contributed by atoms with Crippen LogP contribution in [0.4, 0.5) is 0 Å². The Balaban J connectivity index is 1.63. The minimum Gasteiger partial charge on any atom is -0.507 e. The van der Waals surface area contributed by atoms with Crippen molar-refractivity contribution in [3.63, 3.8) is 0 Å². The lowest BCUT2D eigenvalue weighted by molar-refractivity contribution is -0.908. The number of amides is 1. The van der Waals surface area contributed by atoms with Gasteiger partial charge in [0.25, 0.3) is 11.7 Å². The number of hydrogen-bond donors (Lipinski definition) is 2. The second kappa shape index (κ2) is 9.19. The molecule has 2 aliphatic rings. The van der Waals surface area contributed by atoms with Gasteiger partial charge in [-0.05, 0) is 17.7 Å². The highest BCUT2D eigenvalue weighted by atomic mass is 16.5. The standard InChI is InChI=1S/C23H25N3O4/c27-21(18-5-2-1-3-6-18)19-20(17-7-9-24-10-8-17)26(23(29)22(19)28)12-4-11-25-13-15-30-16-14-25/h1-3,5-10,20,27H,4,11-16H2/p+1/t20-/m0/s1. The third-order valence-corrected chi connectivity index (χ3v) is 5.74. The first-order valence-electron chi connectivity index (χ1n) is 10.3. The number of morpholine rings is 1. The van der Waals surface area contributed by atoms with Gasteiger partial charge in [-0.15, -0.1) is 0 Å². The first kappa shape index (κ1) is 20.3. The van der Waals surface area contributed by atoms with Crippen molar-refractivity contribution in [2.75, 3.05) is 39.4 Å². The Morgan fingerprint density at radius 2 is 1.80 bits per heavy atom. The molecule has 0 bridgehead atoms. The normalized spacial score (nSPS) is 21.9. The number of pyridine rings is 1. The molecule has 1 amide bonds. The molecule has 30 heavy (non-hydrogen) atoms. The highest BCUT2D eigenvalue weighted by molar-refractivity contribution is 6.46. The molecule has 2 N–H and O–H groups in total. The number of aliphatic hydroxyl groups is 1. The van der Waals surface area contributed by atoms with E-state index in [1.807, 2.05) is 6.07 Å². The topological polar surface area (TPSA) is 84.2 Å². The van der Waals surface area contributed by atoms with Crippen LogP contribution < -0.4 is 4.90 Å². The largest absolute Gasteiger partial charge is 0.507 e. The van der Waals surface area contributed by atoms with E-state index in [1.54, 1.807) is 53.7 Å². The fourth-order valence-corrected chi connectivity index (χ4v) is 4.16. The van der Waals surface area contributed by atoms with Crippen molar-refractivity contribution < 1.29 is 24.3 Å². The van der Waals surface area contributed by atoms with Gasteiger partial charge in [-0.25, -0.2) is 0 Å². The van der Waals surface area contributed by atoms with Crippen molar-refractivity contribution in [3.05, 3.63) is 71.6 Å². The molecule has 2 aliphatic heterocycles. The number of quaternary nitrogens is 1. The number of aromatic nitrogens is 1. The van der Waals surface area contributed by atoms with Gasteiger partial charge in [-0.1, -0.05) is 30.3 Å². The number of benzene rings is 1. The van der Waals surface area contributed by atoms with E-state index in [1.165, 1.54) is 4.90 Å². The number of aliphatic hydroxyl groups excluding tert-OH is 1. The molecule has 0 saturated carbocycles. The first-order chi connectivity index (χ1) is 14.7. The lowest BCUT2D eigenvalue weighted by Gasteiger charge is -2.27. The fraction of sp³-hybridized carbons (Fsp3) is 0.348. The summed E-state index contributed by atoms with van der Waals surface area (Å²) in [6, 6.07) is 11.8. The van der Waals surface area contributed by atoms with Gasteiger partial charge in [-0.2, -0.15) is 0 Å². The van der Waals surface area contributed by atoms with Crippen LogP contribution in [0, 0.1) is 0 Å². The van der Waals surface area contributed by atoms with Crippen LogP contribution in [0.5, 0.6) is 0 Å². The minimum atomic E-state index is -0.642. The number of ether oxygens (including phenoxy) is 1. The summed E-state index contributed by atoms with van der Waals surface area (Å²) in [4.78, 5) is 32.9. The molecule has 1 aromatic carbocycles. The summed E-state index contributed by atoms with van der Waals surface area (Å²) in [6.07, 6.45) is 4.04. The van der Waals surface area contributed by atoms with Gasteiger partial charge in [0, 0.05) is 30.9 Å². The van der Waals surface area contributed by atoms with E-state index < -0.39 is 17.7 Å². The average Bonchev–Trinajstić information content (AvgIpc) is 3.05. The Kier molecular flexibility index (Phi) is 6.21. The van der Waals surface area contributed by atoms with Crippen molar-refractivity contribution in [1.29, 1.82) is 0 Å². The molecule has 0 spiro atoms. The molecule has 1 atom stereocenters. The number of rotatable bonds is 6. The zero-order chi connectivity index (χ0) is 20.9. The Labute approximate surface area is 175 Å². The van der Waals surface area contributed by atoms with E-state index in [0.717, 1.165) is 44.8 Å². The van der Waals surface area contributed by atoms with E-state index in [0.29, 0.717) is 12.1 Å². The number of likely N-dealkylation sites (tertiary alicyclic amines) is 1. The molecule has 2 saturated heterocycles. The molecule has 7 nitrogen and oxygen atoms in total. The monoisotopic (exact) mass is 408 g/mol. The van der Waals surface area contributed by atoms with E-state index in [-0.39, 0.29) is 11.3 Å². The molecule has 7 heteroatoms. The van der Waals surface area contributed by atoms with Crippen LogP contribution in [-0.2, 0) is 14.3 Å². The van der Waals surface area contributed by atoms with Crippen LogP contribution in [-0.4, -0.2) is 66.1 Å². The summed E-state index contributed by atoms with van der Waals surface area (Å²) in [6.45, 7) is 4.80. The van der Waals surface area contributed by atoms with Crippen molar-refractivity contribution in [1.82, 2.24) is 9.88 Å². The predicted octanol–water partition coefficient (Wildman–Crippen LogP) is 0.809. The predicted molar refractivity (Wildman–Crippen MR) is 111 cm³/mol. The van der Waals surface area contributed by atoms with Crippen LogP contribution >= 0.6 is 0 Å². The average molecular weight is 408 g/mol. The van der Waals surface area contributed by atoms with Gasteiger partial charge in [0.15, 0.2) is 0 Å². The fourth-order valence-electron chi connectivity index (χ4n) is 4.16. The third-order valence-electron chi connectivity index (χ3n) is 5.74. The first-order valence-corrected chi connectivity index (χ1v) is 10.3. The number of nitrogens with zero attached hydrogens (tertiary/aromatic N) is 2. The molecule has 0 aliphatic carbocycles. The number of carbonyl (C=O) groups is 2. The van der Waals surface area contributed by atoms with Crippen molar-refractivity contribution in [3.8, 4) is 0 Å². The van der Waals surface area contributed by atoms with Crippen LogP contribution in [0.1, 0.15) is 23.6 Å². The number of hydrogen-bond acceptors (Lipinski definition) is 5. The van der Waals surface area contributed by atoms with E-state index in [2.05, 4.69) is 4.98 Å². The zero-order valence-electron chi connectivity index (χ0n) is 16.8. The van der Waals surface area contributed by atoms with Gasteiger partial charge in [0.2, 0.25) is 0 Å². The SMILES string of the molecule is O=C1C(=O)N(CCC[NH+]2CCOCC2)[C@@H](c2ccncc2)C1=C(O)c1ccccc1. The van der Waals surface area contributed by atoms with Crippen molar-refractivity contribution in [2.24, 2.45) is 0 Å². The number of Topliss-reactive ketones (excluding diaryl/α,β-unsaturated/α-hetero) is 1. The van der Waals surface area contributed by atoms with Gasteiger partial charge in [0.1, 0.15) is 18.8 Å². The molecule has 2 fully saturated rings. The summed E-state index contributed by atoms with van der Waals surface area (Å²) < 4.78 is 5.40. The number of nitrogens with one attached hydrogen (secondary N) is 1. The van der Waals surface area contributed by atoms with Crippen molar-refractivity contribution in [2.45, 2.75) is 12.5 Å². The summed E-state index contributed by atoms with van der Waals surface area (Å²) in [5, 5.41) is 10.9. The lowest BCUT2D eigenvalue weighted by Crippen LogP contribution is -3.14. The molecule has 0 unspecified atom stereocenters. The van der Waals surface area contributed by atoms with E-state index in [4.69, 9.17) is 4.74 Å². The Morgan fingerprint density at radius 3 is 2.50 bits per heavy atom. The molecule has 2 aromatic rings. The maximum atomic E-state index is 12.9. The quantitative estimate of drug-likeness (QED) is 0.420. The van der Waals surface area contributed by atoms with Crippen LogP contribution in [0.15, 0.2) is 60.4 Å². The molecule has 0 radical (unpaired) electrons. The molecule has 1 aromatic heterocycles. The lowest BCUT2D eigenvalue weighted by atomic mass is 9.96. The highest BCUT2D eigenvalue weighted by Gasteiger charge is 2.45. The summed E-state index contributed by atoms with van der Waals surface area (Å²) in [5.41, 5.74) is 1.42. The van der Waals surface area contributed by atoms with Gasteiger partial charge in [0.05, 0.1) is 31.4 Å². The molecular formula is C23H26N3O4+. The van der Waals surface area contributed by atoms with Crippen LogP contribution in [0.2, 0.25) is 0 Å². The second-order valence-electron chi connectivity index (χ2n) is 7.60. The van der Waals surface area contributed by atoms with Crippen molar-refractivity contribution >= 4 is 17.4 Å². The molecule has 156 valence electrons. The Morgan fingerprint density at radius 1 is 1.10 bits per heavy atom.